The highest BCUT2D eigenvalue weighted by Crippen LogP contribution is 2.18. The van der Waals surface area contributed by atoms with Crippen LogP contribution in [0, 0.1) is 0 Å². The Hall–Kier alpha value is -1.61. The van der Waals surface area contributed by atoms with E-state index in [9.17, 15) is 0 Å². The minimum Gasteiger partial charge on any atom is -0.497 e. The lowest BCUT2D eigenvalue weighted by atomic mass is 10.2. The van der Waals surface area contributed by atoms with Gasteiger partial charge in [0.15, 0.2) is 0 Å². The second-order valence-corrected chi connectivity index (χ2v) is 4.81. The second kappa shape index (κ2) is 6.36. The number of hydrogen-bond donors (Lipinski definition) is 1. The number of hydrogen-bond acceptors (Lipinski definition) is 3. The number of thioether (sulfide) groups is 1. The molecule has 0 unspecified atom stereocenters. The molecule has 0 amide bonds. The van der Waals surface area contributed by atoms with Crippen LogP contribution in [0.5, 0.6) is 5.75 Å². The first kappa shape index (κ1) is 12.8. The molecule has 2 rings (SSSR count). The second-order valence-electron chi connectivity index (χ2n) is 3.93. The van der Waals surface area contributed by atoms with Crippen molar-refractivity contribution >= 4 is 17.4 Å². The standard InChI is InChI=1S/C15H17NOS/c1-17-14-5-3-4-13(10-14)16-11-12-6-8-15(18-2)9-7-12/h3-10,16H,11H2,1-2H3. The van der Waals surface area contributed by atoms with E-state index in [2.05, 4.69) is 35.8 Å². The van der Waals surface area contributed by atoms with Crippen molar-refractivity contribution in [3.8, 4) is 5.75 Å². The summed E-state index contributed by atoms with van der Waals surface area (Å²) in [5, 5.41) is 3.39. The largest absolute Gasteiger partial charge is 0.497 e. The third kappa shape index (κ3) is 3.44. The van der Waals surface area contributed by atoms with E-state index in [1.54, 1.807) is 18.9 Å². The maximum Gasteiger partial charge on any atom is 0.120 e. The van der Waals surface area contributed by atoms with Gasteiger partial charge in [0.05, 0.1) is 7.11 Å². The fraction of sp³-hybridized carbons (Fsp3) is 0.200. The SMILES string of the molecule is COc1cccc(NCc2ccc(SC)cc2)c1. The van der Waals surface area contributed by atoms with Crippen molar-refractivity contribution in [1.82, 2.24) is 0 Å². The van der Waals surface area contributed by atoms with Gasteiger partial charge in [-0.1, -0.05) is 18.2 Å². The fourth-order valence-corrected chi connectivity index (χ4v) is 2.09. The van der Waals surface area contributed by atoms with E-state index >= 15 is 0 Å². The maximum atomic E-state index is 5.19. The van der Waals surface area contributed by atoms with Crippen LogP contribution >= 0.6 is 11.8 Å². The lowest BCUT2D eigenvalue weighted by molar-refractivity contribution is 0.415. The van der Waals surface area contributed by atoms with Gasteiger partial charge in [-0.3, -0.25) is 0 Å². The smallest absolute Gasteiger partial charge is 0.120 e. The van der Waals surface area contributed by atoms with Crippen LogP contribution in [0.15, 0.2) is 53.4 Å². The highest BCUT2D eigenvalue weighted by molar-refractivity contribution is 7.98. The predicted molar refractivity (Wildman–Crippen MR) is 78.5 cm³/mol. The monoisotopic (exact) mass is 259 g/mol. The highest BCUT2D eigenvalue weighted by atomic mass is 32.2. The summed E-state index contributed by atoms with van der Waals surface area (Å²) >= 11 is 1.76. The van der Waals surface area contributed by atoms with E-state index in [4.69, 9.17) is 4.74 Å². The molecule has 0 fully saturated rings. The van der Waals surface area contributed by atoms with E-state index in [0.29, 0.717) is 0 Å². The number of benzene rings is 2. The first-order valence-electron chi connectivity index (χ1n) is 5.82. The summed E-state index contributed by atoms with van der Waals surface area (Å²) in [6.07, 6.45) is 2.09. The number of anilines is 1. The van der Waals surface area contributed by atoms with Crippen molar-refractivity contribution in [1.29, 1.82) is 0 Å². The molecule has 18 heavy (non-hydrogen) atoms. The lowest BCUT2D eigenvalue weighted by Crippen LogP contribution is -1.99. The number of rotatable bonds is 5. The normalized spacial score (nSPS) is 10.1. The molecular formula is C15H17NOS. The van der Waals surface area contributed by atoms with Crippen molar-refractivity contribution in [3.05, 3.63) is 54.1 Å². The minimum atomic E-state index is 0.821. The van der Waals surface area contributed by atoms with Gasteiger partial charge in [-0.25, -0.2) is 0 Å². The Balaban J connectivity index is 1.97. The molecule has 0 aliphatic rings. The highest BCUT2D eigenvalue weighted by Gasteiger charge is 1.97. The van der Waals surface area contributed by atoms with Crippen LogP contribution in [0.3, 0.4) is 0 Å². The van der Waals surface area contributed by atoms with Crippen LogP contribution in [0.1, 0.15) is 5.56 Å². The molecular weight excluding hydrogens is 242 g/mol. The van der Waals surface area contributed by atoms with Crippen LogP contribution < -0.4 is 10.1 Å². The van der Waals surface area contributed by atoms with Crippen LogP contribution in [-0.2, 0) is 6.54 Å². The minimum absolute atomic E-state index is 0.821. The van der Waals surface area contributed by atoms with Crippen LogP contribution in [0.2, 0.25) is 0 Å². The van der Waals surface area contributed by atoms with Gasteiger partial charge in [0.2, 0.25) is 0 Å². The zero-order chi connectivity index (χ0) is 12.8. The third-order valence-corrected chi connectivity index (χ3v) is 3.47. The Morgan fingerprint density at radius 2 is 1.89 bits per heavy atom. The molecule has 1 N–H and O–H groups in total. The Labute approximate surface area is 112 Å². The molecule has 3 heteroatoms. The summed E-state index contributed by atoms with van der Waals surface area (Å²) in [5.74, 6) is 0.873. The van der Waals surface area contributed by atoms with E-state index in [-0.39, 0.29) is 0 Å². The first-order chi connectivity index (χ1) is 8.81. The molecule has 2 aromatic carbocycles. The van der Waals surface area contributed by atoms with Crippen molar-refractivity contribution in [2.75, 3.05) is 18.7 Å². The maximum absolute atomic E-state index is 5.19. The zero-order valence-corrected chi connectivity index (χ0v) is 11.5. The number of ether oxygens (including phenoxy) is 1. The average Bonchev–Trinajstić information content (AvgIpc) is 2.46. The van der Waals surface area contributed by atoms with Gasteiger partial charge in [0.1, 0.15) is 5.75 Å². The molecule has 0 spiro atoms. The van der Waals surface area contributed by atoms with Crippen LogP contribution in [0.4, 0.5) is 5.69 Å². The topological polar surface area (TPSA) is 21.3 Å². The molecule has 0 saturated heterocycles. The van der Waals surface area contributed by atoms with Crippen molar-refractivity contribution in [3.63, 3.8) is 0 Å². The van der Waals surface area contributed by atoms with Gasteiger partial charge < -0.3 is 10.1 Å². The van der Waals surface area contributed by atoms with Gasteiger partial charge in [-0.2, -0.15) is 0 Å². The summed E-state index contributed by atoms with van der Waals surface area (Å²) in [6.45, 7) is 0.821. The van der Waals surface area contributed by atoms with Crippen molar-refractivity contribution in [2.45, 2.75) is 11.4 Å². The molecule has 0 aliphatic carbocycles. The summed E-state index contributed by atoms with van der Waals surface area (Å²) in [7, 11) is 1.68. The van der Waals surface area contributed by atoms with Crippen molar-refractivity contribution < 1.29 is 4.74 Å². The molecule has 0 aliphatic heterocycles. The molecule has 0 bridgehead atoms. The summed E-state index contributed by atoms with van der Waals surface area (Å²) in [5.41, 5.74) is 2.35. The molecule has 2 nitrogen and oxygen atoms in total. The van der Waals surface area contributed by atoms with Crippen LogP contribution in [-0.4, -0.2) is 13.4 Å². The van der Waals surface area contributed by atoms with Gasteiger partial charge in [0.25, 0.3) is 0 Å². The summed E-state index contributed by atoms with van der Waals surface area (Å²) in [4.78, 5) is 1.29. The fourth-order valence-electron chi connectivity index (χ4n) is 1.68. The molecule has 0 heterocycles. The molecule has 0 saturated carbocycles. The van der Waals surface area contributed by atoms with Crippen LogP contribution in [0.25, 0.3) is 0 Å². The quantitative estimate of drug-likeness (QED) is 0.819. The molecule has 2 aromatic rings. The van der Waals surface area contributed by atoms with Gasteiger partial charge in [0, 0.05) is 23.2 Å². The lowest BCUT2D eigenvalue weighted by Gasteiger charge is -2.08. The predicted octanol–water partition coefficient (Wildman–Crippen LogP) is 4.03. The number of methoxy groups -OCH3 is 1. The van der Waals surface area contributed by atoms with Crippen molar-refractivity contribution in [2.24, 2.45) is 0 Å². The zero-order valence-electron chi connectivity index (χ0n) is 10.6. The molecule has 0 atom stereocenters. The van der Waals surface area contributed by atoms with E-state index in [0.717, 1.165) is 18.0 Å². The first-order valence-corrected chi connectivity index (χ1v) is 7.05. The van der Waals surface area contributed by atoms with E-state index < -0.39 is 0 Å². The van der Waals surface area contributed by atoms with E-state index in [1.807, 2.05) is 24.3 Å². The van der Waals surface area contributed by atoms with Gasteiger partial charge in [-0.05, 0) is 36.1 Å². The van der Waals surface area contributed by atoms with E-state index in [1.165, 1.54) is 10.5 Å². The molecule has 0 radical (unpaired) electrons. The Bertz CT molecular complexity index is 496. The Morgan fingerprint density at radius 1 is 1.11 bits per heavy atom. The Kier molecular flexibility index (Phi) is 4.53. The average molecular weight is 259 g/mol. The van der Waals surface area contributed by atoms with Gasteiger partial charge in [-0.15, -0.1) is 11.8 Å². The number of nitrogens with one attached hydrogen (secondary N) is 1. The Morgan fingerprint density at radius 3 is 2.56 bits per heavy atom. The molecule has 0 aromatic heterocycles. The third-order valence-electron chi connectivity index (χ3n) is 2.73. The summed E-state index contributed by atoms with van der Waals surface area (Å²) < 4.78 is 5.19. The molecule has 94 valence electrons. The van der Waals surface area contributed by atoms with Gasteiger partial charge >= 0.3 is 0 Å². The summed E-state index contributed by atoms with van der Waals surface area (Å²) in [6, 6.07) is 16.6.